The van der Waals surface area contributed by atoms with Crippen LogP contribution in [0.4, 0.5) is 19.0 Å². The molecule has 1 aliphatic carbocycles. The molecule has 3 aromatic rings. The van der Waals surface area contributed by atoms with Gasteiger partial charge in [0.25, 0.3) is 0 Å². The molecule has 0 unspecified atom stereocenters. The number of hydrogen-bond acceptors (Lipinski definition) is 6. The van der Waals surface area contributed by atoms with E-state index in [0.29, 0.717) is 29.4 Å². The van der Waals surface area contributed by atoms with E-state index in [1.807, 2.05) is 19.2 Å². The van der Waals surface area contributed by atoms with E-state index >= 15 is 0 Å². The Bertz CT molecular complexity index is 1260. The van der Waals surface area contributed by atoms with Crippen LogP contribution in [0.1, 0.15) is 44.1 Å². The van der Waals surface area contributed by atoms with E-state index in [1.54, 1.807) is 13.2 Å². The van der Waals surface area contributed by atoms with Gasteiger partial charge in [0.2, 0.25) is 5.91 Å². The molecule has 210 valence electrons. The van der Waals surface area contributed by atoms with Crippen molar-refractivity contribution in [3.05, 3.63) is 42.1 Å². The number of hydrogen-bond donors (Lipinski definition) is 2. The fourth-order valence-corrected chi connectivity index (χ4v) is 5.59. The lowest BCUT2D eigenvalue weighted by Gasteiger charge is -2.38. The Labute approximate surface area is 225 Å². The third kappa shape index (κ3) is 6.52. The Balaban J connectivity index is 1.10. The zero-order valence-electron chi connectivity index (χ0n) is 22.3. The molecule has 39 heavy (non-hydrogen) atoms. The molecule has 11 heteroatoms. The number of alkyl halides is 3. The van der Waals surface area contributed by atoms with E-state index in [2.05, 4.69) is 30.1 Å². The smallest absolute Gasteiger partial charge is 0.375 e. The largest absolute Gasteiger partial charge is 0.416 e. The maximum Gasteiger partial charge on any atom is 0.416 e. The number of carbonyl (C=O) groups is 1. The van der Waals surface area contributed by atoms with Crippen LogP contribution in [0.2, 0.25) is 0 Å². The number of amides is 1. The number of rotatable bonds is 7. The number of nitrogens with one attached hydrogen (secondary N) is 2. The van der Waals surface area contributed by atoms with Crippen molar-refractivity contribution in [2.75, 3.05) is 38.6 Å². The number of piperidine rings is 1. The number of ether oxygens (including phenoxy) is 1. The van der Waals surface area contributed by atoms with Crippen LogP contribution in [0, 0.1) is 0 Å². The topological polar surface area (TPSA) is 86.4 Å². The van der Waals surface area contributed by atoms with Crippen molar-refractivity contribution >= 4 is 22.8 Å². The van der Waals surface area contributed by atoms with E-state index in [9.17, 15) is 18.0 Å². The Morgan fingerprint density at radius 1 is 1.10 bits per heavy atom. The standard InChI is InChI=1S/C28H35F3N6O2/c1-32-26(38)17-36(2)20-5-7-21(8-6-20)39-22-11-13-37(14-12-22)25-10-3-18(16-33-25)27-34-23-9-4-19(28(29,30)31)15-24(23)35-27/h3-4,9-10,15-16,20-22H,5-8,11-14,17H2,1-2H3,(H,32,38)(H,34,35). The van der Waals surface area contributed by atoms with Crippen LogP contribution in [0.5, 0.6) is 0 Å². The van der Waals surface area contributed by atoms with Gasteiger partial charge in [-0.25, -0.2) is 9.97 Å². The molecular weight excluding hydrogens is 509 g/mol. The maximum atomic E-state index is 13.0. The van der Waals surface area contributed by atoms with Crippen LogP contribution < -0.4 is 10.2 Å². The van der Waals surface area contributed by atoms with Crippen LogP contribution in [0.15, 0.2) is 36.5 Å². The number of aromatic amines is 1. The first-order chi connectivity index (χ1) is 18.7. The average Bonchev–Trinajstić information content (AvgIpc) is 3.37. The Hall–Kier alpha value is -3.18. The first-order valence-electron chi connectivity index (χ1n) is 13.5. The van der Waals surface area contributed by atoms with Gasteiger partial charge in [0.05, 0.1) is 35.3 Å². The summed E-state index contributed by atoms with van der Waals surface area (Å²) in [7, 11) is 3.68. The lowest BCUT2D eigenvalue weighted by Crippen LogP contribution is -2.43. The van der Waals surface area contributed by atoms with E-state index in [1.165, 1.54) is 6.07 Å². The Kier molecular flexibility index (Phi) is 8.08. The van der Waals surface area contributed by atoms with E-state index in [4.69, 9.17) is 4.74 Å². The minimum Gasteiger partial charge on any atom is -0.375 e. The molecule has 2 aromatic heterocycles. The highest BCUT2D eigenvalue weighted by Gasteiger charge is 2.31. The molecule has 1 saturated heterocycles. The van der Waals surface area contributed by atoms with Crippen LogP contribution in [0.25, 0.3) is 22.4 Å². The van der Waals surface area contributed by atoms with Crippen molar-refractivity contribution < 1.29 is 22.7 Å². The number of benzene rings is 1. The molecule has 3 heterocycles. The average molecular weight is 545 g/mol. The molecule has 0 radical (unpaired) electrons. The quantitative estimate of drug-likeness (QED) is 0.452. The predicted octanol–water partition coefficient (Wildman–Crippen LogP) is 4.62. The molecule has 8 nitrogen and oxygen atoms in total. The number of fused-ring (bicyclic) bond motifs is 1. The number of halogens is 3. The van der Waals surface area contributed by atoms with Crippen LogP contribution >= 0.6 is 0 Å². The Morgan fingerprint density at radius 3 is 2.46 bits per heavy atom. The number of pyridine rings is 1. The monoisotopic (exact) mass is 544 g/mol. The molecule has 1 aromatic carbocycles. The molecule has 0 spiro atoms. The van der Waals surface area contributed by atoms with Crippen molar-refractivity contribution in [2.45, 2.75) is 63.0 Å². The SMILES string of the molecule is CNC(=O)CN(C)C1CCC(OC2CCN(c3ccc(-c4nc5ccc(C(F)(F)F)cc5[nH]4)cn3)CC2)CC1. The third-order valence-electron chi connectivity index (χ3n) is 7.92. The zero-order chi connectivity index (χ0) is 27.6. The number of likely N-dealkylation sites (N-methyl/N-ethyl adjacent to an activating group) is 2. The molecule has 1 aliphatic heterocycles. The minimum atomic E-state index is -4.40. The predicted molar refractivity (Wildman–Crippen MR) is 143 cm³/mol. The van der Waals surface area contributed by atoms with Crippen LogP contribution in [-0.2, 0) is 15.7 Å². The lowest BCUT2D eigenvalue weighted by atomic mass is 9.91. The molecule has 2 fully saturated rings. The van der Waals surface area contributed by atoms with Gasteiger partial charge in [0, 0.05) is 37.9 Å². The van der Waals surface area contributed by atoms with Gasteiger partial charge in [-0.2, -0.15) is 13.2 Å². The molecule has 2 N–H and O–H groups in total. The highest BCUT2D eigenvalue weighted by Crippen LogP contribution is 2.32. The summed E-state index contributed by atoms with van der Waals surface area (Å²) in [5.41, 5.74) is 0.839. The van der Waals surface area contributed by atoms with E-state index in [0.717, 1.165) is 75.1 Å². The summed E-state index contributed by atoms with van der Waals surface area (Å²) >= 11 is 0. The van der Waals surface area contributed by atoms with Crippen molar-refractivity contribution in [1.82, 2.24) is 25.2 Å². The van der Waals surface area contributed by atoms with Crippen molar-refractivity contribution in [3.63, 3.8) is 0 Å². The van der Waals surface area contributed by atoms with E-state index in [-0.39, 0.29) is 18.1 Å². The van der Waals surface area contributed by atoms with Crippen molar-refractivity contribution in [3.8, 4) is 11.4 Å². The molecule has 5 rings (SSSR count). The summed E-state index contributed by atoms with van der Waals surface area (Å²) in [6, 6.07) is 7.76. The fourth-order valence-electron chi connectivity index (χ4n) is 5.59. The first kappa shape index (κ1) is 27.4. The second kappa shape index (κ2) is 11.5. The zero-order valence-corrected chi connectivity index (χ0v) is 22.3. The normalized spacial score (nSPS) is 21.0. The number of H-pyrrole nitrogens is 1. The van der Waals surface area contributed by atoms with Crippen LogP contribution in [0.3, 0.4) is 0 Å². The summed E-state index contributed by atoms with van der Waals surface area (Å²) in [6.45, 7) is 2.14. The summed E-state index contributed by atoms with van der Waals surface area (Å²) in [5, 5.41) is 2.68. The second-order valence-electron chi connectivity index (χ2n) is 10.6. The number of carbonyl (C=O) groups excluding carboxylic acids is 1. The van der Waals surface area contributed by atoms with Crippen LogP contribution in [-0.4, -0.2) is 77.7 Å². The molecular formula is C28H35F3N6O2. The highest BCUT2D eigenvalue weighted by atomic mass is 19.4. The molecule has 1 saturated carbocycles. The van der Waals surface area contributed by atoms with Gasteiger partial charge < -0.3 is 19.9 Å². The Morgan fingerprint density at radius 2 is 1.82 bits per heavy atom. The lowest BCUT2D eigenvalue weighted by molar-refractivity contribution is -0.137. The number of aromatic nitrogens is 3. The van der Waals surface area contributed by atoms with E-state index < -0.39 is 11.7 Å². The summed E-state index contributed by atoms with van der Waals surface area (Å²) in [4.78, 5) is 28.1. The first-order valence-corrected chi connectivity index (χ1v) is 13.5. The highest BCUT2D eigenvalue weighted by molar-refractivity contribution is 5.80. The summed E-state index contributed by atoms with van der Waals surface area (Å²) in [6.07, 6.45) is 3.82. The van der Waals surface area contributed by atoms with Gasteiger partial charge in [0.1, 0.15) is 11.6 Å². The van der Waals surface area contributed by atoms with Crippen molar-refractivity contribution in [1.29, 1.82) is 0 Å². The van der Waals surface area contributed by atoms with Gasteiger partial charge in [-0.05, 0) is 75.9 Å². The third-order valence-corrected chi connectivity index (χ3v) is 7.92. The number of nitrogens with zero attached hydrogens (tertiary/aromatic N) is 4. The number of anilines is 1. The van der Waals surface area contributed by atoms with Gasteiger partial charge in [-0.1, -0.05) is 0 Å². The number of imidazole rings is 1. The van der Waals surface area contributed by atoms with Gasteiger partial charge >= 0.3 is 6.18 Å². The summed E-state index contributed by atoms with van der Waals surface area (Å²) in [5.74, 6) is 1.40. The molecule has 0 bridgehead atoms. The summed E-state index contributed by atoms with van der Waals surface area (Å²) < 4.78 is 45.5. The molecule has 2 aliphatic rings. The molecule has 1 amide bonds. The second-order valence-corrected chi connectivity index (χ2v) is 10.6. The maximum absolute atomic E-state index is 13.0. The molecule has 0 atom stereocenters. The minimum absolute atomic E-state index is 0.0456. The van der Waals surface area contributed by atoms with Gasteiger partial charge in [-0.15, -0.1) is 0 Å². The van der Waals surface area contributed by atoms with Gasteiger partial charge in [-0.3, -0.25) is 9.69 Å². The van der Waals surface area contributed by atoms with Crippen molar-refractivity contribution in [2.24, 2.45) is 0 Å². The van der Waals surface area contributed by atoms with Gasteiger partial charge in [0.15, 0.2) is 0 Å². The fraction of sp³-hybridized carbons (Fsp3) is 0.536.